The van der Waals surface area contributed by atoms with Gasteiger partial charge in [-0.25, -0.2) is 4.98 Å². The van der Waals surface area contributed by atoms with Gasteiger partial charge in [0.25, 0.3) is 0 Å². The summed E-state index contributed by atoms with van der Waals surface area (Å²) in [6, 6.07) is 64.4. The summed E-state index contributed by atoms with van der Waals surface area (Å²) >= 11 is 0. The molecule has 0 fully saturated rings. The van der Waals surface area contributed by atoms with Gasteiger partial charge >= 0.3 is 0 Å². The van der Waals surface area contributed by atoms with Gasteiger partial charge in [0.05, 0.1) is 11.0 Å². The fourth-order valence-corrected chi connectivity index (χ4v) is 8.18. The molecule has 1 aromatic heterocycles. The van der Waals surface area contributed by atoms with Gasteiger partial charge in [0, 0.05) is 11.6 Å². The molecular weight excluding hydrogens is 629 g/mol. The van der Waals surface area contributed by atoms with Crippen LogP contribution in [0, 0.1) is 0 Å². The predicted molar refractivity (Wildman–Crippen MR) is 221 cm³/mol. The van der Waals surface area contributed by atoms with Crippen LogP contribution in [0.2, 0.25) is 0 Å². The average Bonchev–Trinajstić information content (AvgIpc) is 3.59. The number of nitrogens with zero attached hydrogens (tertiary/aromatic N) is 2. The summed E-state index contributed by atoms with van der Waals surface area (Å²) in [6.07, 6.45) is 0. The van der Waals surface area contributed by atoms with Crippen LogP contribution in [0.3, 0.4) is 0 Å². The van der Waals surface area contributed by atoms with Gasteiger partial charge in [-0.3, -0.25) is 4.57 Å². The Morgan fingerprint density at radius 2 is 0.904 bits per heavy atom. The highest BCUT2D eigenvalue weighted by molar-refractivity contribution is 6.22. The van der Waals surface area contributed by atoms with Gasteiger partial charge < -0.3 is 0 Å². The van der Waals surface area contributed by atoms with Crippen LogP contribution in [0.4, 0.5) is 0 Å². The molecule has 0 aliphatic carbocycles. The molecule has 0 saturated heterocycles. The highest BCUT2D eigenvalue weighted by Gasteiger charge is 2.20. The zero-order valence-corrected chi connectivity index (χ0v) is 29.2. The molecule has 0 amide bonds. The van der Waals surface area contributed by atoms with Gasteiger partial charge in [-0.2, -0.15) is 0 Å². The maximum Gasteiger partial charge on any atom is 0.117 e. The Morgan fingerprint density at radius 1 is 0.404 bits per heavy atom. The van der Waals surface area contributed by atoms with E-state index in [9.17, 15) is 0 Å². The SMILES string of the molecule is CC(C)c1nc2cc(-c3ccc4c(-c5ccc6ccccc6c5)c5ccccc5c(-c5ccc6ccccc6c5)c4c3)ccc2n1-c1ccccc1. The van der Waals surface area contributed by atoms with E-state index in [1.165, 1.54) is 70.9 Å². The molecule has 0 unspecified atom stereocenters. The third kappa shape index (κ3) is 4.91. The number of hydrogen-bond donors (Lipinski definition) is 0. The van der Waals surface area contributed by atoms with Gasteiger partial charge in [0.15, 0.2) is 0 Å². The monoisotopic (exact) mass is 664 g/mol. The molecule has 9 aromatic carbocycles. The van der Waals surface area contributed by atoms with Crippen molar-refractivity contribution < 1.29 is 0 Å². The zero-order chi connectivity index (χ0) is 34.8. The van der Waals surface area contributed by atoms with E-state index in [1.807, 2.05) is 0 Å². The summed E-state index contributed by atoms with van der Waals surface area (Å²) in [5.41, 5.74) is 10.6. The first-order chi connectivity index (χ1) is 25.6. The standard InChI is InChI=1S/C50H36N2/c1-32(2)50-51-46-31-38(25-27-47(46)52(50)41-16-4-3-5-17-41)37-24-26-44-45(30-37)49(40-23-21-34-13-7-9-15-36(34)29-40)43-19-11-10-18-42(43)48(44)39-22-20-33-12-6-8-14-35(33)28-39/h3-32H,1-2H3. The Labute approximate surface area is 303 Å². The van der Waals surface area contributed by atoms with E-state index in [0.29, 0.717) is 0 Å². The fraction of sp³-hybridized carbons (Fsp3) is 0.0600. The minimum Gasteiger partial charge on any atom is -0.296 e. The van der Waals surface area contributed by atoms with Crippen molar-refractivity contribution in [1.82, 2.24) is 9.55 Å². The second-order valence-electron chi connectivity index (χ2n) is 14.2. The summed E-state index contributed by atoms with van der Waals surface area (Å²) in [4.78, 5) is 5.21. The van der Waals surface area contributed by atoms with Crippen molar-refractivity contribution >= 4 is 54.1 Å². The number of benzene rings is 9. The maximum absolute atomic E-state index is 5.21. The molecule has 0 aliphatic heterocycles. The molecule has 0 saturated carbocycles. The van der Waals surface area contributed by atoms with E-state index in [0.717, 1.165) is 28.1 Å². The number of imidazole rings is 1. The number of para-hydroxylation sites is 1. The van der Waals surface area contributed by atoms with Gasteiger partial charge in [0.1, 0.15) is 5.82 Å². The summed E-state index contributed by atoms with van der Waals surface area (Å²) in [5, 5.41) is 9.99. The maximum atomic E-state index is 5.21. The second-order valence-corrected chi connectivity index (χ2v) is 14.2. The topological polar surface area (TPSA) is 17.8 Å². The van der Waals surface area contributed by atoms with Crippen LogP contribution in [-0.2, 0) is 0 Å². The van der Waals surface area contributed by atoms with E-state index >= 15 is 0 Å². The van der Waals surface area contributed by atoms with Gasteiger partial charge in [-0.05, 0) is 119 Å². The van der Waals surface area contributed by atoms with E-state index in [4.69, 9.17) is 4.98 Å². The first-order valence-electron chi connectivity index (χ1n) is 18.2. The lowest BCUT2D eigenvalue weighted by molar-refractivity contribution is 0.760. The number of rotatable bonds is 5. The van der Waals surface area contributed by atoms with Crippen LogP contribution in [-0.4, -0.2) is 9.55 Å². The first-order valence-corrected chi connectivity index (χ1v) is 18.2. The van der Waals surface area contributed by atoms with Crippen LogP contribution < -0.4 is 0 Å². The van der Waals surface area contributed by atoms with E-state index < -0.39 is 0 Å². The van der Waals surface area contributed by atoms with Crippen molar-refractivity contribution in [3.63, 3.8) is 0 Å². The molecule has 0 atom stereocenters. The molecule has 0 spiro atoms. The Kier molecular flexibility index (Phi) is 7.04. The summed E-state index contributed by atoms with van der Waals surface area (Å²) < 4.78 is 2.31. The minimum absolute atomic E-state index is 0.281. The molecule has 1 heterocycles. The predicted octanol–water partition coefficient (Wildman–Crippen LogP) is 13.8. The molecule has 10 aromatic rings. The molecule has 0 bridgehead atoms. The van der Waals surface area contributed by atoms with Crippen molar-refractivity contribution in [1.29, 1.82) is 0 Å². The lowest BCUT2D eigenvalue weighted by Crippen LogP contribution is -2.02. The van der Waals surface area contributed by atoms with Gasteiger partial charge in [0.2, 0.25) is 0 Å². The van der Waals surface area contributed by atoms with Crippen molar-refractivity contribution in [2.75, 3.05) is 0 Å². The molecule has 2 nitrogen and oxygen atoms in total. The number of aromatic nitrogens is 2. The minimum atomic E-state index is 0.281. The smallest absolute Gasteiger partial charge is 0.117 e. The van der Waals surface area contributed by atoms with Crippen molar-refractivity contribution in [2.24, 2.45) is 0 Å². The summed E-state index contributed by atoms with van der Waals surface area (Å²) in [5.74, 6) is 1.35. The van der Waals surface area contributed by atoms with Gasteiger partial charge in [-0.15, -0.1) is 0 Å². The van der Waals surface area contributed by atoms with Crippen molar-refractivity contribution in [3.05, 3.63) is 182 Å². The second kappa shape index (κ2) is 12.1. The molecule has 52 heavy (non-hydrogen) atoms. The number of fused-ring (bicyclic) bond motifs is 5. The van der Waals surface area contributed by atoms with Gasteiger partial charge in [-0.1, -0.05) is 147 Å². The first kappa shape index (κ1) is 30.3. The highest BCUT2D eigenvalue weighted by atomic mass is 15.1. The van der Waals surface area contributed by atoms with Crippen LogP contribution in [0.5, 0.6) is 0 Å². The van der Waals surface area contributed by atoms with E-state index in [1.54, 1.807) is 0 Å². The average molecular weight is 665 g/mol. The fourth-order valence-electron chi connectivity index (χ4n) is 8.18. The third-order valence-electron chi connectivity index (χ3n) is 10.6. The van der Waals surface area contributed by atoms with E-state index in [-0.39, 0.29) is 5.92 Å². The molecule has 0 aliphatic rings. The summed E-state index contributed by atoms with van der Waals surface area (Å²) in [6.45, 7) is 4.44. The Morgan fingerprint density at radius 3 is 1.54 bits per heavy atom. The van der Waals surface area contributed by atoms with Crippen molar-refractivity contribution in [2.45, 2.75) is 19.8 Å². The molecule has 0 radical (unpaired) electrons. The van der Waals surface area contributed by atoms with E-state index in [2.05, 4.69) is 194 Å². The van der Waals surface area contributed by atoms with Crippen molar-refractivity contribution in [3.8, 4) is 39.1 Å². The Hall–Kier alpha value is -6.51. The Balaban J connectivity index is 1.25. The largest absolute Gasteiger partial charge is 0.296 e. The molecular formula is C50H36N2. The van der Waals surface area contributed by atoms with Crippen LogP contribution in [0.1, 0.15) is 25.6 Å². The van der Waals surface area contributed by atoms with Crippen LogP contribution >= 0.6 is 0 Å². The lowest BCUT2D eigenvalue weighted by atomic mass is 9.84. The Bertz CT molecular complexity index is 2980. The molecule has 10 rings (SSSR count). The normalized spacial score (nSPS) is 11.8. The molecule has 2 heteroatoms. The summed E-state index contributed by atoms with van der Waals surface area (Å²) in [7, 11) is 0. The highest BCUT2D eigenvalue weighted by Crippen LogP contribution is 2.46. The zero-order valence-electron chi connectivity index (χ0n) is 29.2. The number of hydrogen-bond acceptors (Lipinski definition) is 1. The van der Waals surface area contributed by atoms with Crippen LogP contribution in [0.25, 0.3) is 93.2 Å². The van der Waals surface area contributed by atoms with Crippen LogP contribution in [0.15, 0.2) is 176 Å². The molecule has 0 N–H and O–H groups in total. The quantitative estimate of drug-likeness (QED) is 0.167. The third-order valence-corrected chi connectivity index (χ3v) is 10.6. The lowest BCUT2D eigenvalue weighted by Gasteiger charge is -2.19. The molecule has 246 valence electrons.